The highest BCUT2D eigenvalue weighted by atomic mass is 16.1. The van der Waals surface area contributed by atoms with Gasteiger partial charge in [-0.1, -0.05) is 33.6 Å². The lowest BCUT2D eigenvalue weighted by atomic mass is 9.80. The zero-order valence-electron chi connectivity index (χ0n) is 9.73. The fourth-order valence-corrected chi connectivity index (χ4v) is 2.21. The first-order valence-electron chi connectivity index (χ1n) is 5.82. The van der Waals surface area contributed by atoms with E-state index in [1.54, 1.807) is 0 Å². The predicted molar refractivity (Wildman–Crippen MR) is 59.3 cm³/mol. The number of hydrogen-bond acceptors (Lipinski definition) is 2. The second kappa shape index (κ2) is 4.92. The molecule has 1 aliphatic rings. The maximum absolute atomic E-state index is 12.0. The molecule has 82 valence electrons. The first-order chi connectivity index (χ1) is 6.58. The van der Waals surface area contributed by atoms with Crippen molar-refractivity contribution in [2.24, 2.45) is 11.3 Å². The van der Waals surface area contributed by atoms with Crippen LogP contribution in [0.25, 0.3) is 0 Å². The smallest absolute Gasteiger partial charge is 0.140 e. The van der Waals surface area contributed by atoms with Crippen molar-refractivity contribution in [3.05, 3.63) is 0 Å². The minimum absolute atomic E-state index is 0.0675. The fourth-order valence-electron chi connectivity index (χ4n) is 2.21. The Morgan fingerprint density at radius 3 is 2.79 bits per heavy atom. The highest BCUT2D eigenvalue weighted by Gasteiger charge is 2.35. The van der Waals surface area contributed by atoms with Crippen molar-refractivity contribution >= 4 is 5.78 Å². The molecule has 2 atom stereocenters. The molecule has 0 bridgehead atoms. The van der Waals surface area contributed by atoms with E-state index >= 15 is 0 Å². The van der Waals surface area contributed by atoms with Gasteiger partial charge in [-0.2, -0.15) is 0 Å². The molecule has 2 unspecified atom stereocenters. The van der Waals surface area contributed by atoms with Gasteiger partial charge in [0.05, 0.1) is 0 Å². The van der Waals surface area contributed by atoms with E-state index in [0.29, 0.717) is 11.7 Å². The predicted octanol–water partition coefficient (Wildman–Crippen LogP) is 2.38. The molecule has 0 radical (unpaired) electrons. The fraction of sp³-hybridized carbons (Fsp3) is 0.917. The first kappa shape index (κ1) is 11.7. The number of carbonyl (C=O) groups is 1. The molecule has 2 heteroatoms. The van der Waals surface area contributed by atoms with Crippen LogP contribution in [-0.4, -0.2) is 18.9 Å². The molecule has 0 spiro atoms. The van der Waals surface area contributed by atoms with Crippen LogP contribution in [-0.2, 0) is 4.79 Å². The van der Waals surface area contributed by atoms with E-state index in [9.17, 15) is 4.79 Å². The van der Waals surface area contributed by atoms with Gasteiger partial charge in [-0.25, -0.2) is 0 Å². The van der Waals surface area contributed by atoms with E-state index in [4.69, 9.17) is 0 Å². The Bertz CT molecular complexity index is 194. The molecule has 1 N–H and O–H groups in total. The molecule has 0 aromatic heterocycles. The molecule has 1 heterocycles. The van der Waals surface area contributed by atoms with Crippen molar-refractivity contribution in [1.82, 2.24) is 5.32 Å². The summed E-state index contributed by atoms with van der Waals surface area (Å²) in [5.74, 6) is 1.02. The largest absolute Gasteiger partial charge is 0.316 e. The summed E-state index contributed by atoms with van der Waals surface area (Å²) >= 11 is 0. The Kier molecular flexibility index (Phi) is 4.11. The van der Waals surface area contributed by atoms with E-state index in [2.05, 4.69) is 26.1 Å². The standard InChI is InChI=1S/C12H23NO/c1-4-5-10(2)8-11(14)12(3)6-7-13-9-12/h10,13H,4-9H2,1-3H3. The number of rotatable bonds is 5. The van der Waals surface area contributed by atoms with Crippen LogP contribution in [0.15, 0.2) is 0 Å². The number of Topliss-reactive ketones (excluding diaryl/α,β-unsaturated/α-hetero) is 1. The van der Waals surface area contributed by atoms with Crippen molar-refractivity contribution in [1.29, 1.82) is 0 Å². The minimum Gasteiger partial charge on any atom is -0.316 e. The molecule has 1 saturated heterocycles. The van der Waals surface area contributed by atoms with Gasteiger partial charge in [0.15, 0.2) is 0 Å². The molecule has 0 aliphatic carbocycles. The van der Waals surface area contributed by atoms with Gasteiger partial charge in [0.2, 0.25) is 0 Å². The quantitative estimate of drug-likeness (QED) is 0.733. The second-order valence-electron chi connectivity index (χ2n) is 5.01. The number of hydrogen-bond donors (Lipinski definition) is 1. The third kappa shape index (κ3) is 2.81. The molecule has 0 aromatic carbocycles. The Balaban J connectivity index is 2.40. The van der Waals surface area contributed by atoms with E-state index in [1.807, 2.05) is 0 Å². The lowest BCUT2D eigenvalue weighted by Crippen LogP contribution is -2.31. The van der Waals surface area contributed by atoms with Gasteiger partial charge in [0.25, 0.3) is 0 Å². The summed E-state index contributed by atoms with van der Waals surface area (Å²) in [6.45, 7) is 8.36. The minimum atomic E-state index is -0.0675. The zero-order valence-corrected chi connectivity index (χ0v) is 9.73. The maximum atomic E-state index is 12.0. The summed E-state index contributed by atoms with van der Waals surface area (Å²) in [6, 6.07) is 0. The molecule has 0 saturated carbocycles. The first-order valence-corrected chi connectivity index (χ1v) is 5.82. The van der Waals surface area contributed by atoms with Gasteiger partial charge in [0, 0.05) is 18.4 Å². The average molecular weight is 197 g/mol. The van der Waals surface area contributed by atoms with Gasteiger partial charge < -0.3 is 5.32 Å². The summed E-state index contributed by atoms with van der Waals surface area (Å²) in [6.07, 6.45) is 4.15. The summed E-state index contributed by atoms with van der Waals surface area (Å²) in [5.41, 5.74) is -0.0675. The third-order valence-corrected chi connectivity index (χ3v) is 3.36. The third-order valence-electron chi connectivity index (χ3n) is 3.36. The zero-order chi connectivity index (χ0) is 10.6. The summed E-state index contributed by atoms with van der Waals surface area (Å²) < 4.78 is 0. The van der Waals surface area contributed by atoms with Crippen LogP contribution in [0.1, 0.15) is 46.5 Å². The van der Waals surface area contributed by atoms with Gasteiger partial charge in [-0.05, 0) is 18.9 Å². The second-order valence-corrected chi connectivity index (χ2v) is 5.01. The Morgan fingerprint density at radius 2 is 2.29 bits per heavy atom. The molecule has 2 nitrogen and oxygen atoms in total. The van der Waals surface area contributed by atoms with E-state index in [-0.39, 0.29) is 5.41 Å². The van der Waals surface area contributed by atoms with E-state index in [0.717, 1.165) is 25.9 Å². The molecular formula is C12H23NO. The number of ketones is 1. The normalized spacial score (nSPS) is 29.1. The average Bonchev–Trinajstić information content (AvgIpc) is 2.54. The summed E-state index contributed by atoms with van der Waals surface area (Å²) in [7, 11) is 0. The van der Waals surface area contributed by atoms with Gasteiger partial charge in [0.1, 0.15) is 5.78 Å². The lowest BCUT2D eigenvalue weighted by Gasteiger charge is -2.22. The molecular weight excluding hydrogens is 174 g/mol. The van der Waals surface area contributed by atoms with Crippen LogP contribution >= 0.6 is 0 Å². The molecule has 1 aliphatic heterocycles. The van der Waals surface area contributed by atoms with Gasteiger partial charge in [-0.3, -0.25) is 4.79 Å². The van der Waals surface area contributed by atoms with Crippen LogP contribution in [0, 0.1) is 11.3 Å². The van der Waals surface area contributed by atoms with Crippen LogP contribution < -0.4 is 5.32 Å². The molecule has 1 rings (SSSR count). The van der Waals surface area contributed by atoms with Crippen molar-refractivity contribution in [3.8, 4) is 0 Å². The molecule has 0 amide bonds. The van der Waals surface area contributed by atoms with Crippen LogP contribution in [0.3, 0.4) is 0 Å². The Hall–Kier alpha value is -0.370. The van der Waals surface area contributed by atoms with Gasteiger partial charge in [-0.15, -0.1) is 0 Å². The highest BCUT2D eigenvalue weighted by molar-refractivity contribution is 5.85. The number of nitrogens with one attached hydrogen (secondary N) is 1. The lowest BCUT2D eigenvalue weighted by molar-refractivity contribution is -0.127. The maximum Gasteiger partial charge on any atom is 0.140 e. The van der Waals surface area contributed by atoms with Crippen molar-refractivity contribution in [2.45, 2.75) is 46.5 Å². The van der Waals surface area contributed by atoms with Crippen molar-refractivity contribution in [3.63, 3.8) is 0 Å². The highest BCUT2D eigenvalue weighted by Crippen LogP contribution is 2.29. The molecule has 0 aromatic rings. The van der Waals surface area contributed by atoms with Crippen LogP contribution in [0.4, 0.5) is 0 Å². The van der Waals surface area contributed by atoms with Crippen LogP contribution in [0.5, 0.6) is 0 Å². The van der Waals surface area contributed by atoms with E-state index < -0.39 is 0 Å². The summed E-state index contributed by atoms with van der Waals surface area (Å²) in [5, 5.41) is 3.28. The van der Waals surface area contributed by atoms with Crippen molar-refractivity contribution in [2.75, 3.05) is 13.1 Å². The van der Waals surface area contributed by atoms with E-state index in [1.165, 1.54) is 12.8 Å². The van der Waals surface area contributed by atoms with Crippen molar-refractivity contribution < 1.29 is 4.79 Å². The molecule has 14 heavy (non-hydrogen) atoms. The molecule has 1 fully saturated rings. The number of carbonyl (C=O) groups excluding carboxylic acids is 1. The van der Waals surface area contributed by atoms with Gasteiger partial charge >= 0.3 is 0 Å². The SMILES string of the molecule is CCCC(C)CC(=O)C1(C)CCNC1. The Morgan fingerprint density at radius 1 is 1.57 bits per heavy atom. The Labute approximate surface area is 87.5 Å². The summed E-state index contributed by atoms with van der Waals surface area (Å²) in [4.78, 5) is 12.0. The monoisotopic (exact) mass is 197 g/mol. The van der Waals surface area contributed by atoms with Crippen LogP contribution in [0.2, 0.25) is 0 Å². The topological polar surface area (TPSA) is 29.1 Å².